The molecular formula is C32H39N3O4. The lowest BCUT2D eigenvalue weighted by Gasteiger charge is -2.21. The van der Waals surface area contributed by atoms with Crippen molar-refractivity contribution in [2.24, 2.45) is 10.9 Å². The number of hydrogen-bond donors (Lipinski definition) is 2. The standard InChI is InChI=1S/C32H39N3O4/c1-21-25(8-6-16-33-21)31-30(23-10-12-28(37-2)29(20-23)38-3)26-19-24(9-11-27(26)35-31)32(36)34-15-5-4-7-22-13-17-39-18-14-22/h8-12,16,19-22,35H,4-7,13-15,17-18H2,1-3H3,(H,34,36). The van der Waals surface area contributed by atoms with Crippen LogP contribution >= 0.6 is 0 Å². The number of benzene rings is 2. The van der Waals surface area contributed by atoms with Crippen LogP contribution < -0.4 is 14.8 Å². The summed E-state index contributed by atoms with van der Waals surface area (Å²) in [5, 5.41) is 4.12. The first-order valence-corrected chi connectivity index (χ1v) is 14.0. The summed E-state index contributed by atoms with van der Waals surface area (Å²) in [6.45, 7) is 4.56. The van der Waals surface area contributed by atoms with Crippen LogP contribution in [-0.2, 0) is 4.74 Å². The fourth-order valence-electron chi connectivity index (χ4n) is 5.70. The summed E-state index contributed by atoms with van der Waals surface area (Å²) in [5.41, 5.74) is 5.82. The maximum absolute atomic E-state index is 13.1. The fourth-order valence-corrected chi connectivity index (χ4v) is 5.70. The van der Waals surface area contributed by atoms with Crippen molar-refractivity contribution < 1.29 is 19.0 Å². The van der Waals surface area contributed by atoms with Crippen LogP contribution in [0.5, 0.6) is 11.5 Å². The van der Waals surface area contributed by atoms with Crippen molar-refractivity contribution in [3.63, 3.8) is 0 Å². The van der Waals surface area contributed by atoms with Gasteiger partial charge in [-0.1, -0.05) is 25.0 Å². The summed E-state index contributed by atoms with van der Waals surface area (Å²) in [6.07, 6.45) is 10.6. The number of aromatic amines is 1. The molecule has 0 aliphatic carbocycles. The third-order valence-electron chi connectivity index (χ3n) is 7.91. The van der Waals surface area contributed by atoms with Gasteiger partial charge in [0.05, 0.1) is 26.0 Å². The van der Waals surface area contributed by atoms with Gasteiger partial charge in [0, 0.05) is 54.4 Å². The summed E-state index contributed by atoms with van der Waals surface area (Å²) in [5.74, 6) is 2.06. The van der Waals surface area contributed by atoms with Crippen molar-refractivity contribution in [1.82, 2.24) is 10.3 Å². The molecule has 0 saturated carbocycles. The predicted octanol–water partition coefficient (Wildman–Crippen LogP) is 6.43. The SMILES string of the molecule is COc1ccc(-c2c(C3=CCC=NC3C)[nH]c3ccc(C(=O)NCCCCC4CCOCC4)cc23)cc1OC. The number of methoxy groups -OCH3 is 2. The second-order valence-corrected chi connectivity index (χ2v) is 10.4. The Bertz CT molecular complexity index is 1370. The molecular weight excluding hydrogens is 490 g/mol. The van der Waals surface area contributed by atoms with Gasteiger partial charge >= 0.3 is 0 Å². The second kappa shape index (κ2) is 12.5. The van der Waals surface area contributed by atoms with E-state index in [1.165, 1.54) is 6.42 Å². The number of unbranched alkanes of at least 4 members (excludes halogenated alkanes) is 1. The van der Waals surface area contributed by atoms with Crippen molar-refractivity contribution in [2.45, 2.75) is 51.5 Å². The number of ether oxygens (including phenoxy) is 3. The largest absolute Gasteiger partial charge is 0.493 e. The summed E-state index contributed by atoms with van der Waals surface area (Å²) in [4.78, 5) is 21.4. The number of aromatic nitrogens is 1. The summed E-state index contributed by atoms with van der Waals surface area (Å²) >= 11 is 0. The molecule has 1 unspecified atom stereocenters. The number of nitrogens with one attached hydrogen (secondary N) is 2. The van der Waals surface area contributed by atoms with Crippen LogP contribution in [0.2, 0.25) is 0 Å². The zero-order valence-electron chi connectivity index (χ0n) is 23.2. The number of hydrogen-bond acceptors (Lipinski definition) is 5. The molecule has 7 nitrogen and oxygen atoms in total. The summed E-state index contributed by atoms with van der Waals surface area (Å²) < 4.78 is 16.5. The number of carbonyl (C=O) groups is 1. The van der Waals surface area contributed by atoms with Gasteiger partial charge < -0.3 is 24.5 Å². The Morgan fingerprint density at radius 1 is 1.08 bits per heavy atom. The average molecular weight is 530 g/mol. The Hall–Kier alpha value is -3.58. The Balaban J connectivity index is 1.41. The second-order valence-electron chi connectivity index (χ2n) is 10.4. The Morgan fingerprint density at radius 3 is 2.67 bits per heavy atom. The average Bonchev–Trinajstić information content (AvgIpc) is 3.35. The van der Waals surface area contributed by atoms with E-state index < -0.39 is 0 Å². The van der Waals surface area contributed by atoms with Crippen LogP contribution in [0.15, 0.2) is 47.5 Å². The van der Waals surface area contributed by atoms with Crippen molar-refractivity contribution in [3.05, 3.63) is 53.7 Å². The molecule has 2 aliphatic heterocycles. The first-order chi connectivity index (χ1) is 19.1. The van der Waals surface area contributed by atoms with Crippen LogP contribution in [-0.4, -0.2) is 57.1 Å². The fraction of sp³-hybridized carbons (Fsp3) is 0.438. The molecule has 0 radical (unpaired) electrons. The molecule has 206 valence electrons. The molecule has 1 fully saturated rings. The highest BCUT2D eigenvalue weighted by Crippen LogP contribution is 2.41. The van der Waals surface area contributed by atoms with Crippen LogP contribution in [0.4, 0.5) is 0 Å². The predicted molar refractivity (Wildman–Crippen MR) is 157 cm³/mol. The van der Waals surface area contributed by atoms with Gasteiger partial charge in [-0.3, -0.25) is 9.79 Å². The van der Waals surface area contributed by atoms with Gasteiger partial charge in [0.25, 0.3) is 5.91 Å². The highest BCUT2D eigenvalue weighted by molar-refractivity contribution is 6.06. The Kier molecular flexibility index (Phi) is 8.67. The molecule has 0 bridgehead atoms. The molecule has 1 amide bonds. The number of rotatable bonds is 10. The quantitative estimate of drug-likeness (QED) is 0.297. The van der Waals surface area contributed by atoms with Gasteiger partial charge in [-0.25, -0.2) is 0 Å². The van der Waals surface area contributed by atoms with E-state index in [1.807, 2.05) is 42.6 Å². The number of amides is 1. The number of allylic oxidation sites excluding steroid dienone is 1. The Labute approximate surface area is 230 Å². The van der Waals surface area contributed by atoms with Gasteiger partial charge in [0.2, 0.25) is 0 Å². The molecule has 2 aliphatic rings. The van der Waals surface area contributed by atoms with E-state index >= 15 is 0 Å². The lowest BCUT2D eigenvalue weighted by atomic mass is 9.93. The molecule has 5 rings (SSSR count). The number of H-pyrrole nitrogens is 1. The topological polar surface area (TPSA) is 84.9 Å². The van der Waals surface area contributed by atoms with Crippen molar-refractivity contribution in [1.29, 1.82) is 0 Å². The van der Waals surface area contributed by atoms with E-state index in [2.05, 4.69) is 28.3 Å². The minimum atomic E-state index is -0.0428. The van der Waals surface area contributed by atoms with Crippen molar-refractivity contribution in [2.75, 3.05) is 34.0 Å². The summed E-state index contributed by atoms with van der Waals surface area (Å²) in [6, 6.07) is 11.9. The Morgan fingerprint density at radius 2 is 1.90 bits per heavy atom. The van der Waals surface area contributed by atoms with Gasteiger partial charge in [0.1, 0.15) is 0 Å². The zero-order valence-corrected chi connectivity index (χ0v) is 23.2. The molecule has 0 spiro atoms. The van der Waals surface area contributed by atoms with Crippen molar-refractivity contribution in [3.8, 4) is 22.6 Å². The van der Waals surface area contributed by atoms with Gasteiger partial charge in [0.15, 0.2) is 11.5 Å². The highest BCUT2D eigenvalue weighted by Gasteiger charge is 2.23. The third kappa shape index (κ3) is 6.04. The molecule has 3 aromatic rings. The monoisotopic (exact) mass is 529 g/mol. The van der Waals surface area contributed by atoms with Gasteiger partial charge in [-0.2, -0.15) is 0 Å². The normalized spacial score (nSPS) is 17.7. The molecule has 7 heteroatoms. The molecule has 2 aromatic carbocycles. The molecule has 1 aromatic heterocycles. The number of nitrogens with zero attached hydrogens (tertiary/aromatic N) is 1. The minimum absolute atomic E-state index is 0.0367. The van der Waals surface area contributed by atoms with E-state index in [0.29, 0.717) is 23.6 Å². The zero-order chi connectivity index (χ0) is 27.2. The first kappa shape index (κ1) is 27.0. The van der Waals surface area contributed by atoms with E-state index in [-0.39, 0.29) is 11.9 Å². The molecule has 3 heterocycles. The number of dihydropyridines is 1. The van der Waals surface area contributed by atoms with Crippen LogP contribution in [0, 0.1) is 5.92 Å². The summed E-state index contributed by atoms with van der Waals surface area (Å²) in [7, 11) is 3.28. The lowest BCUT2D eigenvalue weighted by molar-refractivity contribution is 0.0631. The molecule has 1 saturated heterocycles. The van der Waals surface area contributed by atoms with Gasteiger partial charge in [-0.05, 0) is 73.6 Å². The van der Waals surface area contributed by atoms with E-state index in [4.69, 9.17) is 14.2 Å². The van der Waals surface area contributed by atoms with Crippen LogP contribution in [0.1, 0.15) is 61.5 Å². The first-order valence-electron chi connectivity index (χ1n) is 14.0. The van der Waals surface area contributed by atoms with Crippen LogP contribution in [0.25, 0.3) is 27.6 Å². The lowest BCUT2D eigenvalue weighted by Crippen LogP contribution is -2.24. The molecule has 1 atom stereocenters. The molecule has 39 heavy (non-hydrogen) atoms. The van der Waals surface area contributed by atoms with E-state index in [1.54, 1.807) is 14.2 Å². The maximum atomic E-state index is 13.1. The maximum Gasteiger partial charge on any atom is 0.251 e. The number of fused-ring (bicyclic) bond motifs is 1. The third-order valence-corrected chi connectivity index (χ3v) is 7.91. The minimum Gasteiger partial charge on any atom is -0.493 e. The highest BCUT2D eigenvalue weighted by atomic mass is 16.5. The number of carbonyl (C=O) groups excluding carboxylic acids is 1. The molecule has 2 N–H and O–H groups in total. The van der Waals surface area contributed by atoms with E-state index in [0.717, 1.165) is 84.5 Å². The van der Waals surface area contributed by atoms with Crippen LogP contribution in [0.3, 0.4) is 0 Å². The van der Waals surface area contributed by atoms with Crippen molar-refractivity contribution >= 4 is 28.6 Å². The number of aliphatic imine (C=N–C) groups is 1. The van der Waals surface area contributed by atoms with E-state index in [9.17, 15) is 4.79 Å². The smallest absolute Gasteiger partial charge is 0.251 e. The van der Waals surface area contributed by atoms with Gasteiger partial charge in [-0.15, -0.1) is 0 Å².